The Morgan fingerprint density at radius 3 is 1.71 bits per heavy atom. The largest absolute Gasteiger partial charge is 0.456 e. The zero-order chi connectivity index (χ0) is 32.3. The number of nitrogens with zero attached hydrogens (tertiary/aromatic N) is 1. The Balaban J connectivity index is 1.24. The van der Waals surface area contributed by atoms with E-state index in [0.29, 0.717) is 0 Å². The number of fused-ring (bicyclic) bond motifs is 8. The molecule has 10 aromatic rings. The first-order valence-corrected chi connectivity index (χ1v) is 16.6. The fourth-order valence-corrected chi connectivity index (χ4v) is 7.46. The molecule has 0 atom stereocenters. The van der Waals surface area contributed by atoms with E-state index >= 15 is 0 Å². The Bertz CT molecular complexity index is 2830. The van der Waals surface area contributed by atoms with Crippen LogP contribution in [-0.4, -0.2) is 0 Å². The van der Waals surface area contributed by atoms with Crippen molar-refractivity contribution in [2.75, 3.05) is 4.90 Å². The number of para-hydroxylation sites is 2. The fourth-order valence-electron chi connectivity index (χ4n) is 7.46. The first kappa shape index (κ1) is 27.5. The molecule has 0 saturated heterocycles. The molecule has 0 aliphatic rings. The highest BCUT2D eigenvalue weighted by Crippen LogP contribution is 2.47. The van der Waals surface area contributed by atoms with Gasteiger partial charge >= 0.3 is 0 Å². The number of benzene rings is 8. The molecule has 0 bridgehead atoms. The highest BCUT2D eigenvalue weighted by molar-refractivity contribution is 6.21. The Labute approximate surface area is 282 Å². The second-order valence-electron chi connectivity index (χ2n) is 12.5. The van der Waals surface area contributed by atoms with Crippen LogP contribution in [0.1, 0.15) is 0 Å². The Hall–Kier alpha value is -6.58. The molecule has 0 N–H and O–H groups in total. The summed E-state index contributed by atoms with van der Waals surface area (Å²) in [5.41, 5.74) is 11.4. The molecule has 2 heterocycles. The smallest absolute Gasteiger partial charge is 0.145 e. The highest BCUT2D eigenvalue weighted by atomic mass is 16.3. The zero-order valence-electron chi connectivity index (χ0n) is 26.5. The molecule has 2 aromatic heterocycles. The van der Waals surface area contributed by atoms with Gasteiger partial charge in [0.2, 0.25) is 0 Å². The second kappa shape index (κ2) is 11.0. The van der Waals surface area contributed by atoms with E-state index in [-0.39, 0.29) is 0 Å². The summed E-state index contributed by atoms with van der Waals surface area (Å²) in [5, 5.41) is 6.57. The van der Waals surface area contributed by atoms with E-state index < -0.39 is 0 Å². The average molecular weight is 628 g/mol. The number of hydrogen-bond acceptors (Lipinski definition) is 3. The van der Waals surface area contributed by atoms with E-state index in [1.54, 1.807) is 0 Å². The fraction of sp³-hybridized carbons (Fsp3) is 0. The van der Waals surface area contributed by atoms with Crippen molar-refractivity contribution in [3.63, 3.8) is 0 Å². The van der Waals surface area contributed by atoms with Gasteiger partial charge in [-0.3, -0.25) is 0 Å². The summed E-state index contributed by atoms with van der Waals surface area (Å²) in [6.45, 7) is 0. The minimum Gasteiger partial charge on any atom is -0.456 e. The monoisotopic (exact) mass is 627 g/mol. The van der Waals surface area contributed by atoms with Gasteiger partial charge in [0.25, 0.3) is 0 Å². The van der Waals surface area contributed by atoms with E-state index in [4.69, 9.17) is 8.83 Å². The van der Waals surface area contributed by atoms with Gasteiger partial charge in [-0.15, -0.1) is 0 Å². The summed E-state index contributed by atoms with van der Waals surface area (Å²) < 4.78 is 13.1. The molecule has 0 aliphatic heterocycles. The molecule has 0 fully saturated rings. The lowest BCUT2D eigenvalue weighted by Gasteiger charge is -2.28. The molecular formula is C46H29NO2. The van der Waals surface area contributed by atoms with Crippen molar-refractivity contribution in [2.45, 2.75) is 0 Å². The summed E-state index contributed by atoms with van der Waals surface area (Å²) in [6.07, 6.45) is 0. The predicted molar refractivity (Wildman–Crippen MR) is 204 cm³/mol. The van der Waals surface area contributed by atoms with Crippen LogP contribution in [0.25, 0.3) is 76.9 Å². The second-order valence-corrected chi connectivity index (χ2v) is 12.5. The topological polar surface area (TPSA) is 29.5 Å². The van der Waals surface area contributed by atoms with Gasteiger partial charge in [-0.25, -0.2) is 0 Å². The van der Waals surface area contributed by atoms with Gasteiger partial charge in [-0.2, -0.15) is 0 Å². The minimum absolute atomic E-state index is 0.853. The van der Waals surface area contributed by atoms with Crippen LogP contribution in [0, 0.1) is 0 Å². The van der Waals surface area contributed by atoms with Crippen LogP contribution in [0.3, 0.4) is 0 Å². The Morgan fingerprint density at radius 1 is 0.347 bits per heavy atom. The maximum Gasteiger partial charge on any atom is 0.145 e. The van der Waals surface area contributed by atoms with E-state index in [1.165, 1.54) is 16.7 Å². The first-order valence-electron chi connectivity index (χ1n) is 16.6. The SMILES string of the molecule is c1ccc(-c2ccccc2-c2ccc(N(c3cccc4oc5ccccc5c34)c3cccc4ccc5c6ccccc6oc5c34)cc2)cc1. The number of hydrogen-bond donors (Lipinski definition) is 0. The molecule has 8 aromatic carbocycles. The molecule has 0 aliphatic carbocycles. The normalized spacial score (nSPS) is 11.7. The molecule has 0 spiro atoms. The van der Waals surface area contributed by atoms with Gasteiger partial charge in [0, 0.05) is 27.2 Å². The quantitative estimate of drug-likeness (QED) is 0.190. The Kier molecular flexibility index (Phi) is 6.18. The van der Waals surface area contributed by atoms with Gasteiger partial charge in [0.05, 0.1) is 16.8 Å². The van der Waals surface area contributed by atoms with Crippen LogP contribution >= 0.6 is 0 Å². The van der Waals surface area contributed by atoms with Crippen molar-refractivity contribution in [2.24, 2.45) is 0 Å². The van der Waals surface area contributed by atoms with E-state index in [0.717, 1.165) is 77.3 Å². The van der Waals surface area contributed by atoms with Crippen LogP contribution in [0.4, 0.5) is 17.1 Å². The predicted octanol–water partition coefficient (Wildman–Crippen LogP) is 13.4. The molecule has 230 valence electrons. The van der Waals surface area contributed by atoms with Crippen molar-refractivity contribution >= 4 is 71.7 Å². The lowest BCUT2D eigenvalue weighted by Crippen LogP contribution is -2.11. The third-order valence-corrected chi connectivity index (χ3v) is 9.68. The summed E-state index contributed by atoms with van der Waals surface area (Å²) in [6, 6.07) is 62.0. The summed E-state index contributed by atoms with van der Waals surface area (Å²) in [4.78, 5) is 2.37. The van der Waals surface area contributed by atoms with Crippen LogP contribution < -0.4 is 4.90 Å². The van der Waals surface area contributed by atoms with Gasteiger partial charge in [-0.1, -0.05) is 127 Å². The molecule has 3 heteroatoms. The van der Waals surface area contributed by atoms with Crippen molar-refractivity contribution in [1.82, 2.24) is 0 Å². The van der Waals surface area contributed by atoms with Gasteiger partial charge < -0.3 is 13.7 Å². The molecule has 0 saturated carbocycles. The molecule has 3 nitrogen and oxygen atoms in total. The number of anilines is 3. The summed E-state index contributed by atoms with van der Waals surface area (Å²) in [7, 11) is 0. The number of rotatable bonds is 5. The molecule has 0 amide bonds. The molecule has 0 unspecified atom stereocenters. The third kappa shape index (κ3) is 4.37. The minimum atomic E-state index is 0.853. The Morgan fingerprint density at radius 2 is 0.939 bits per heavy atom. The van der Waals surface area contributed by atoms with Crippen molar-refractivity contribution in [1.29, 1.82) is 0 Å². The van der Waals surface area contributed by atoms with Crippen LogP contribution in [0.2, 0.25) is 0 Å². The highest BCUT2D eigenvalue weighted by Gasteiger charge is 2.23. The first-order chi connectivity index (χ1) is 24.3. The van der Waals surface area contributed by atoms with Gasteiger partial charge in [0.15, 0.2) is 0 Å². The summed E-state index contributed by atoms with van der Waals surface area (Å²) >= 11 is 0. The van der Waals surface area contributed by atoms with Crippen molar-refractivity contribution in [3.05, 3.63) is 176 Å². The maximum absolute atomic E-state index is 6.66. The van der Waals surface area contributed by atoms with Crippen LogP contribution in [0.5, 0.6) is 0 Å². The van der Waals surface area contributed by atoms with Crippen LogP contribution in [-0.2, 0) is 0 Å². The average Bonchev–Trinajstić information content (AvgIpc) is 3.75. The standard InChI is InChI=1S/C46H29NO2/c1-2-12-30(13-3-1)34-15-4-5-16-35(34)31-24-27-33(28-25-31)47(40-20-11-23-43-45(40)38-18-7-9-22-42(38)48-43)39-19-10-14-32-26-29-37-36-17-6-8-21-41(36)49-46(37)44(32)39/h1-29H. The summed E-state index contributed by atoms with van der Waals surface area (Å²) in [5.74, 6) is 0. The molecule has 10 rings (SSSR count). The van der Waals surface area contributed by atoms with Crippen molar-refractivity contribution < 1.29 is 8.83 Å². The molecular weight excluding hydrogens is 599 g/mol. The van der Waals surface area contributed by atoms with E-state index in [9.17, 15) is 0 Å². The lowest BCUT2D eigenvalue weighted by atomic mass is 9.94. The lowest BCUT2D eigenvalue weighted by molar-refractivity contribution is 0.669. The third-order valence-electron chi connectivity index (χ3n) is 9.68. The van der Waals surface area contributed by atoms with E-state index in [1.807, 2.05) is 24.3 Å². The maximum atomic E-state index is 6.66. The molecule has 49 heavy (non-hydrogen) atoms. The van der Waals surface area contributed by atoms with Gasteiger partial charge in [-0.05, 0) is 76.2 Å². The van der Waals surface area contributed by atoms with Crippen LogP contribution in [0.15, 0.2) is 185 Å². The van der Waals surface area contributed by atoms with Crippen molar-refractivity contribution in [3.8, 4) is 22.3 Å². The number of furan rings is 2. The molecule has 0 radical (unpaired) electrons. The van der Waals surface area contributed by atoms with E-state index in [2.05, 4.69) is 157 Å². The van der Waals surface area contributed by atoms with Gasteiger partial charge in [0.1, 0.15) is 22.3 Å². The zero-order valence-corrected chi connectivity index (χ0v) is 26.5.